The lowest BCUT2D eigenvalue weighted by molar-refractivity contribution is -0.125. The van der Waals surface area contributed by atoms with Crippen molar-refractivity contribution in [3.8, 4) is 0 Å². The van der Waals surface area contributed by atoms with Gasteiger partial charge >= 0.3 is 5.92 Å². The van der Waals surface area contributed by atoms with E-state index in [9.17, 15) is 13.6 Å². The topological polar surface area (TPSA) is 77.2 Å². The number of carbonyl (C=O) groups excluding carboxylic acids is 1. The van der Waals surface area contributed by atoms with Crippen molar-refractivity contribution in [2.45, 2.75) is 25.8 Å². The average Bonchev–Trinajstić information content (AvgIpc) is 2.96. The summed E-state index contributed by atoms with van der Waals surface area (Å²) in [6, 6.07) is 0. The van der Waals surface area contributed by atoms with Crippen LogP contribution in [0.4, 0.5) is 8.78 Å². The number of amides is 1. The number of carbonyl (C=O) groups is 1. The number of halogens is 2. The van der Waals surface area contributed by atoms with Crippen LogP contribution in [0, 0.1) is 5.92 Å². The van der Waals surface area contributed by atoms with Crippen molar-refractivity contribution in [2.24, 2.45) is 5.92 Å². The zero-order valence-corrected chi connectivity index (χ0v) is 9.78. The highest BCUT2D eigenvalue weighted by molar-refractivity contribution is 5.78. The van der Waals surface area contributed by atoms with Gasteiger partial charge in [-0.3, -0.25) is 4.79 Å². The molecule has 1 aliphatic rings. The van der Waals surface area contributed by atoms with Crippen LogP contribution in [0.1, 0.15) is 25.1 Å². The molecule has 2 rings (SSSR count). The monoisotopic (exact) mass is 261 g/mol. The van der Waals surface area contributed by atoms with Crippen molar-refractivity contribution in [2.75, 3.05) is 13.2 Å². The van der Waals surface area contributed by atoms with Crippen LogP contribution in [0.3, 0.4) is 0 Å². The Balaban J connectivity index is 1.86. The molecule has 0 saturated carbocycles. The van der Waals surface area contributed by atoms with Gasteiger partial charge in [0.25, 0.3) is 0 Å². The second kappa shape index (κ2) is 4.97. The molecule has 1 fully saturated rings. The minimum Gasteiger partial charge on any atom is -0.381 e. The summed E-state index contributed by atoms with van der Waals surface area (Å²) >= 11 is 0. The Labute approximate surface area is 102 Å². The second-order valence-electron chi connectivity index (χ2n) is 4.18. The molecule has 1 saturated heterocycles. The van der Waals surface area contributed by atoms with Crippen molar-refractivity contribution in [3.63, 3.8) is 0 Å². The van der Waals surface area contributed by atoms with Gasteiger partial charge in [-0.15, -0.1) is 0 Å². The third-order valence-corrected chi connectivity index (χ3v) is 2.58. The summed E-state index contributed by atoms with van der Waals surface area (Å²) in [5.74, 6) is -4.27. The first-order valence-corrected chi connectivity index (χ1v) is 5.53. The number of nitrogens with zero attached hydrogens (tertiary/aromatic N) is 2. The second-order valence-corrected chi connectivity index (χ2v) is 4.18. The van der Waals surface area contributed by atoms with Gasteiger partial charge in [0.15, 0.2) is 0 Å². The highest BCUT2D eigenvalue weighted by atomic mass is 19.3. The molecule has 6 nitrogen and oxygen atoms in total. The zero-order chi connectivity index (χ0) is 13.2. The van der Waals surface area contributed by atoms with Gasteiger partial charge in [0, 0.05) is 13.5 Å². The molecule has 0 bridgehead atoms. The summed E-state index contributed by atoms with van der Waals surface area (Å²) in [7, 11) is 0. The van der Waals surface area contributed by atoms with Crippen LogP contribution in [0.2, 0.25) is 0 Å². The Kier molecular flexibility index (Phi) is 3.55. The summed E-state index contributed by atoms with van der Waals surface area (Å²) in [4.78, 5) is 15.1. The maximum Gasteiger partial charge on any atom is 0.307 e. The molecular weight excluding hydrogens is 248 g/mol. The van der Waals surface area contributed by atoms with Crippen molar-refractivity contribution in [1.82, 2.24) is 15.5 Å². The highest BCUT2D eigenvalue weighted by Gasteiger charge is 2.31. The molecule has 18 heavy (non-hydrogen) atoms. The lowest BCUT2D eigenvalue weighted by Crippen LogP contribution is -2.30. The van der Waals surface area contributed by atoms with E-state index in [1.165, 1.54) is 0 Å². The predicted molar refractivity (Wildman–Crippen MR) is 54.6 cm³/mol. The Morgan fingerprint density at radius 2 is 2.39 bits per heavy atom. The van der Waals surface area contributed by atoms with Crippen LogP contribution in [0.25, 0.3) is 0 Å². The molecular formula is C10H13F2N3O3. The first-order valence-electron chi connectivity index (χ1n) is 5.53. The van der Waals surface area contributed by atoms with Crippen LogP contribution in [-0.2, 0) is 22.0 Å². The number of nitrogens with one attached hydrogen (secondary N) is 1. The molecule has 1 aliphatic heterocycles. The standard InChI is InChI=1S/C10H13F2N3O3/c1-10(11,12)9-14-7(18-15-9)4-13-8(16)6-2-3-17-5-6/h6H,2-5H2,1H3,(H,13,16). The highest BCUT2D eigenvalue weighted by Crippen LogP contribution is 2.23. The molecule has 0 aliphatic carbocycles. The molecule has 0 spiro atoms. The first kappa shape index (κ1) is 12.9. The van der Waals surface area contributed by atoms with E-state index in [1.54, 1.807) is 0 Å². The molecule has 1 aromatic rings. The van der Waals surface area contributed by atoms with Crippen LogP contribution in [0.5, 0.6) is 0 Å². The van der Waals surface area contributed by atoms with Crippen molar-refractivity contribution < 1.29 is 22.8 Å². The number of aromatic nitrogens is 2. The van der Waals surface area contributed by atoms with Gasteiger partial charge in [-0.2, -0.15) is 13.8 Å². The van der Waals surface area contributed by atoms with Gasteiger partial charge in [0.05, 0.1) is 19.1 Å². The molecule has 8 heteroatoms. The summed E-state index contributed by atoms with van der Waals surface area (Å²) < 4.78 is 35.3. The number of alkyl halides is 2. The fourth-order valence-corrected chi connectivity index (χ4v) is 1.55. The molecule has 1 amide bonds. The zero-order valence-electron chi connectivity index (χ0n) is 9.78. The third kappa shape index (κ3) is 3.00. The molecule has 1 unspecified atom stereocenters. The van der Waals surface area contributed by atoms with E-state index in [2.05, 4.69) is 20.0 Å². The van der Waals surface area contributed by atoms with E-state index in [0.717, 1.165) is 0 Å². The molecule has 0 radical (unpaired) electrons. The van der Waals surface area contributed by atoms with Crippen molar-refractivity contribution >= 4 is 5.91 Å². The number of rotatable bonds is 4. The molecule has 100 valence electrons. The summed E-state index contributed by atoms with van der Waals surface area (Å²) in [5, 5.41) is 5.70. The number of ether oxygens (including phenoxy) is 1. The third-order valence-electron chi connectivity index (χ3n) is 2.58. The molecule has 0 aromatic carbocycles. The Morgan fingerprint density at radius 1 is 1.61 bits per heavy atom. The van der Waals surface area contributed by atoms with E-state index in [4.69, 9.17) is 4.74 Å². The maximum atomic E-state index is 12.8. The average molecular weight is 261 g/mol. The fraction of sp³-hybridized carbons (Fsp3) is 0.700. The van der Waals surface area contributed by atoms with Gasteiger partial charge in [-0.05, 0) is 6.42 Å². The fourth-order valence-electron chi connectivity index (χ4n) is 1.55. The van der Waals surface area contributed by atoms with E-state index in [1.807, 2.05) is 0 Å². The van der Waals surface area contributed by atoms with E-state index < -0.39 is 11.7 Å². The number of hydrogen-bond acceptors (Lipinski definition) is 5. The molecule has 1 N–H and O–H groups in total. The molecule has 2 heterocycles. The van der Waals surface area contributed by atoms with Crippen LogP contribution >= 0.6 is 0 Å². The first-order chi connectivity index (χ1) is 8.47. The molecule has 1 aromatic heterocycles. The minimum atomic E-state index is -3.15. The largest absolute Gasteiger partial charge is 0.381 e. The lowest BCUT2D eigenvalue weighted by Gasteiger charge is -2.06. The SMILES string of the molecule is CC(F)(F)c1noc(CNC(=O)C2CCOC2)n1. The predicted octanol–water partition coefficient (Wildman–Crippen LogP) is 0.834. The summed E-state index contributed by atoms with van der Waals surface area (Å²) in [6.45, 7) is 1.56. The summed E-state index contributed by atoms with van der Waals surface area (Å²) in [5.41, 5.74) is 0. The number of hydrogen-bond donors (Lipinski definition) is 1. The van der Waals surface area contributed by atoms with Gasteiger partial charge in [-0.25, -0.2) is 0 Å². The quantitative estimate of drug-likeness (QED) is 0.868. The van der Waals surface area contributed by atoms with Crippen LogP contribution in [-0.4, -0.2) is 29.3 Å². The van der Waals surface area contributed by atoms with E-state index in [0.29, 0.717) is 26.6 Å². The van der Waals surface area contributed by atoms with E-state index in [-0.39, 0.29) is 24.3 Å². The van der Waals surface area contributed by atoms with Crippen LogP contribution < -0.4 is 5.32 Å². The van der Waals surface area contributed by atoms with E-state index >= 15 is 0 Å². The van der Waals surface area contributed by atoms with Crippen molar-refractivity contribution in [3.05, 3.63) is 11.7 Å². The maximum absolute atomic E-state index is 12.8. The minimum absolute atomic E-state index is 0.0428. The Hall–Kier alpha value is -1.57. The van der Waals surface area contributed by atoms with Gasteiger partial charge in [0.2, 0.25) is 17.6 Å². The smallest absolute Gasteiger partial charge is 0.307 e. The van der Waals surface area contributed by atoms with Gasteiger partial charge < -0.3 is 14.6 Å². The Bertz CT molecular complexity index is 424. The van der Waals surface area contributed by atoms with Crippen LogP contribution in [0.15, 0.2) is 4.52 Å². The Morgan fingerprint density at radius 3 is 2.94 bits per heavy atom. The van der Waals surface area contributed by atoms with Crippen molar-refractivity contribution in [1.29, 1.82) is 0 Å². The van der Waals surface area contributed by atoms with Gasteiger partial charge in [0.1, 0.15) is 0 Å². The normalized spacial score (nSPS) is 20.1. The summed E-state index contributed by atoms with van der Waals surface area (Å²) in [6.07, 6.45) is 0.661. The molecule has 1 atom stereocenters. The lowest BCUT2D eigenvalue weighted by atomic mass is 10.1. The van der Waals surface area contributed by atoms with Gasteiger partial charge in [-0.1, -0.05) is 5.16 Å².